The second-order valence-corrected chi connectivity index (χ2v) is 8.12. The molecule has 1 aromatic heterocycles. The Bertz CT molecular complexity index is 1160. The molecule has 5 rings (SSSR count). The zero-order chi connectivity index (χ0) is 21.0. The normalized spacial score (nSPS) is 14.1. The number of piperazine rings is 1. The van der Waals surface area contributed by atoms with Crippen LogP contribution in [0.25, 0.3) is 10.9 Å². The summed E-state index contributed by atoms with van der Waals surface area (Å²) in [5.74, 6) is 1.66. The molecule has 1 fully saturated rings. The standard InChI is InChI=1S/C25H24ClN5/c26-20-10-12-21(13-11-20)30-14-16-31(17-15-30)25-28-23-9-5-4-8-22(23)24(29-25)27-18-19-6-2-1-3-7-19/h1-13H,14-18H2,(H,27,28,29). The monoisotopic (exact) mass is 429 g/mol. The van der Waals surface area contributed by atoms with Gasteiger partial charge < -0.3 is 15.1 Å². The molecule has 0 saturated carbocycles. The third-order valence-corrected chi connectivity index (χ3v) is 5.90. The maximum Gasteiger partial charge on any atom is 0.228 e. The quantitative estimate of drug-likeness (QED) is 0.471. The summed E-state index contributed by atoms with van der Waals surface area (Å²) in [5.41, 5.74) is 3.39. The Morgan fingerprint density at radius 2 is 1.42 bits per heavy atom. The summed E-state index contributed by atoms with van der Waals surface area (Å²) < 4.78 is 0. The first kappa shape index (κ1) is 19.6. The largest absolute Gasteiger partial charge is 0.368 e. The van der Waals surface area contributed by atoms with Crippen molar-refractivity contribution >= 4 is 40.0 Å². The van der Waals surface area contributed by atoms with Crippen molar-refractivity contribution in [1.29, 1.82) is 0 Å². The molecule has 0 unspecified atom stereocenters. The lowest BCUT2D eigenvalue weighted by molar-refractivity contribution is 0.641. The van der Waals surface area contributed by atoms with Gasteiger partial charge in [0.15, 0.2) is 0 Å². The van der Waals surface area contributed by atoms with Crippen molar-refractivity contribution in [3.63, 3.8) is 0 Å². The second kappa shape index (κ2) is 8.82. The number of rotatable bonds is 5. The van der Waals surface area contributed by atoms with E-state index >= 15 is 0 Å². The van der Waals surface area contributed by atoms with Gasteiger partial charge in [-0.1, -0.05) is 54.1 Å². The van der Waals surface area contributed by atoms with E-state index in [-0.39, 0.29) is 0 Å². The summed E-state index contributed by atoms with van der Waals surface area (Å²) in [6.45, 7) is 4.32. The molecule has 0 aliphatic carbocycles. The predicted octanol–water partition coefficient (Wildman–Crippen LogP) is 5.22. The fraction of sp³-hybridized carbons (Fsp3) is 0.200. The van der Waals surface area contributed by atoms with Crippen molar-refractivity contribution < 1.29 is 0 Å². The molecule has 0 bridgehead atoms. The van der Waals surface area contributed by atoms with Gasteiger partial charge in [-0.15, -0.1) is 0 Å². The SMILES string of the molecule is Clc1ccc(N2CCN(c3nc(NCc4ccccc4)c4ccccc4n3)CC2)cc1. The fourth-order valence-corrected chi connectivity index (χ4v) is 4.06. The van der Waals surface area contributed by atoms with Crippen LogP contribution in [0.1, 0.15) is 5.56 Å². The zero-order valence-corrected chi connectivity index (χ0v) is 18.0. The molecular weight excluding hydrogens is 406 g/mol. The number of para-hydroxylation sites is 1. The van der Waals surface area contributed by atoms with Gasteiger partial charge in [0.05, 0.1) is 5.52 Å². The van der Waals surface area contributed by atoms with Crippen molar-refractivity contribution in [3.8, 4) is 0 Å². The third kappa shape index (κ3) is 4.42. The molecule has 2 heterocycles. The van der Waals surface area contributed by atoms with Gasteiger partial charge in [0, 0.05) is 48.8 Å². The molecule has 1 N–H and O–H groups in total. The first-order valence-electron chi connectivity index (χ1n) is 10.6. The van der Waals surface area contributed by atoms with Crippen LogP contribution in [0.2, 0.25) is 5.02 Å². The molecule has 1 saturated heterocycles. The van der Waals surface area contributed by atoms with E-state index in [0.29, 0.717) is 0 Å². The topological polar surface area (TPSA) is 44.3 Å². The number of halogens is 1. The van der Waals surface area contributed by atoms with Gasteiger partial charge in [-0.25, -0.2) is 4.98 Å². The van der Waals surface area contributed by atoms with Gasteiger partial charge in [0.25, 0.3) is 0 Å². The summed E-state index contributed by atoms with van der Waals surface area (Å²) in [5, 5.41) is 5.33. The molecule has 5 nitrogen and oxygen atoms in total. The Balaban J connectivity index is 1.35. The number of benzene rings is 3. The van der Waals surface area contributed by atoms with Crippen molar-refractivity contribution in [2.75, 3.05) is 41.3 Å². The fourth-order valence-electron chi connectivity index (χ4n) is 3.94. The first-order chi connectivity index (χ1) is 15.3. The smallest absolute Gasteiger partial charge is 0.228 e. The minimum Gasteiger partial charge on any atom is -0.368 e. The van der Waals surface area contributed by atoms with Crippen LogP contribution >= 0.6 is 11.6 Å². The lowest BCUT2D eigenvalue weighted by Crippen LogP contribution is -2.47. The zero-order valence-electron chi connectivity index (χ0n) is 17.2. The van der Waals surface area contributed by atoms with Crippen LogP contribution in [0.5, 0.6) is 0 Å². The lowest BCUT2D eigenvalue weighted by Gasteiger charge is -2.36. The molecule has 0 spiro atoms. The van der Waals surface area contributed by atoms with E-state index in [4.69, 9.17) is 21.6 Å². The minimum absolute atomic E-state index is 0.728. The number of hydrogen-bond acceptors (Lipinski definition) is 5. The average molecular weight is 430 g/mol. The molecule has 1 aliphatic rings. The Morgan fingerprint density at radius 3 is 2.19 bits per heavy atom. The van der Waals surface area contributed by atoms with E-state index in [9.17, 15) is 0 Å². The van der Waals surface area contributed by atoms with Crippen LogP contribution in [0, 0.1) is 0 Å². The Labute approximate surface area is 187 Å². The highest BCUT2D eigenvalue weighted by atomic mass is 35.5. The summed E-state index contributed by atoms with van der Waals surface area (Å²) in [6.07, 6.45) is 0. The predicted molar refractivity (Wildman–Crippen MR) is 129 cm³/mol. The van der Waals surface area contributed by atoms with Crippen molar-refractivity contribution in [2.24, 2.45) is 0 Å². The van der Waals surface area contributed by atoms with Gasteiger partial charge in [0.1, 0.15) is 5.82 Å². The van der Waals surface area contributed by atoms with Crippen LogP contribution in [0.4, 0.5) is 17.5 Å². The number of anilines is 3. The van der Waals surface area contributed by atoms with Crippen LogP contribution in [0.3, 0.4) is 0 Å². The van der Waals surface area contributed by atoms with Gasteiger partial charge in [-0.2, -0.15) is 4.98 Å². The van der Waals surface area contributed by atoms with Crippen LogP contribution < -0.4 is 15.1 Å². The summed E-state index contributed by atoms with van der Waals surface area (Å²) in [7, 11) is 0. The molecule has 156 valence electrons. The maximum absolute atomic E-state index is 6.03. The molecule has 3 aromatic carbocycles. The Kier molecular flexibility index (Phi) is 5.59. The van der Waals surface area contributed by atoms with Crippen molar-refractivity contribution in [3.05, 3.63) is 89.4 Å². The lowest BCUT2D eigenvalue weighted by atomic mass is 10.2. The number of nitrogens with one attached hydrogen (secondary N) is 1. The third-order valence-electron chi connectivity index (χ3n) is 5.65. The van der Waals surface area contributed by atoms with Gasteiger partial charge in [-0.3, -0.25) is 0 Å². The highest BCUT2D eigenvalue weighted by Gasteiger charge is 2.20. The molecule has 4 aromatic rings. The Hall–Kier alpha value is -3.31. The molecule has 0 radical (unpaired) electrons. The van der Waals surface area contributed by atoms with Crippen LogP contribution in [0.15, 0.2) is 78.9 Å². The van der Waals surface area contributed by atoms with Crippen LogP contribution in [-0.4, -0.2) is 36.1 Å². The molecular formula is C25H24ClN5. The molecule has 0 atom stereocenters. The van der Waals surface area contributed by atoms with Gasteiger partial charge in [0.2, 0.25) is 5.95 Å². The van der Waals surface area contributed by atoms with E-state index in [1.165, 1.54) is 11.3 Å². The maximum atomic E-state index is 6.03. The van der Waals surface area contributed by atoms with E-state index in [1.807, 2.05) is 30.3 Å². The van der Waals surface area contributed by atoms with Crippen molar-refractivity contribution in [1.82, 2.24) is 9.97 Å². The van der Waals surface area contributed by atoms with Gasteiger partial charge in [-0.05, 0) is 42.0 Å². The summed E-state index contributed by atoms with van der Waals surface area (Å²) >= 11 is 6.03. The number of nitrogens with zero attached hydrogens (tertiary/aromatic N) is 4. The van der Waals surface area contributed by atoms with Crippen LogP contribution in [-0.2, 0) is 6.54 Å². The average Bonchev–Trinajstić information content (AvgIpc) is 2.83. The first-order valence-corrected chi connectivity index (χ1v) is 10.9. The molecule has 0 amide bonds. The van der Waals surface area contributed by atoms with E-state index in [2.05, 4.69) is 63.6 Å². The van der Waals surface area contributed by atoms with E-state index in [0.717, 1.165) is 60.4 Å². The highest BCUT2D eigenvalue weighted by molar-refractivity contribution is 6.30. The molecule has 1 aliphatic heterocycles. The number of fused-ring (bicyclic) bond motifs is 1. The van der Waals surface area contributed by atoms with E-state index < -0.39 is 0 Å². The summed E-state index contributed by atoms with van der Waals surface area (Å²) in [6, 6.07) is 26.6. The van der Waals surface area contributed by atoms with Gasteiger partial charge >= 0.3 is 0 Å². The van der Waals surface area contributed by atoms with Crippen molar-refractivity contribution in [2.45, 2.75) is 6.54 Å². The molecule has 31 heavy (non-hydrogen) atoms. The number of aromatic nitrogens is 2. The summed E-state index contributed by atoms with van der Waals surface area (Å²) in [4.78, 5) is 14.4. The van der Waals surface area contributed by atoms with E-state index in [1.54, 1.807) is 0 Å². The molecule has 6 heteroatoms. The minimum atomic E-state index is 0.728. The second-order valence-electron chi connectivity index (χ2n) is 7.68. The Morgan fingerprint density at radius 1 is 0.742 bits per heavy atom. The number of hydrogen-bond donors (Lipinski definition) is 1. The highest BCUT2D eigenvalue weighted by Crippen LogP contribution is 2.26.